The number of rotatable bonds is 8. The summed E-state index contributed by atoms with van der Waals surface area (Å²) in [5.41, 5.74) is 2.04. The van der Waals surface area contributed by atoms with Crippen molar-refractivity contribution in [3.63, 3.8) is 0 Å². The van der Waals surface area contributed by atoms with E-state index in [1.807, 2.05) is 85.8 Å². The summed E-state index contributed by atoms with van der Waals surface area (Å²) in [6, 6.07) is 27.0. The van der Waals surface area contributed by atoms with Crippen LogP contribution >= 0.6 is 0 Å². The third kappa shape index (κ3) is 4.71. The van der Waals surface area contributed by atoms with E-state index in [9.17, 15) is 4.79 Å². The molecule has 0 radical (unpaired) electrons. The zero-order chi connectivity index (χ0) is 19.8. The number of amides is 1. The summed E-state index contributed by atoms with van der Waals surface area (Å²) in [5, 5.41) is 3.15. The van der Waals surface area contributed by atoms with E-state index in [0.717, 1.165) is 11.1 Å². The second kappa shape index (κ2) is 9.60. The summed E-state index contributed by atoms with van der Waals surface area (Å²) >= 11 is 0. The Morgan fingerprint density at radius 1 is 0.821 bits per heavy atom. The molecule has 0 spiro atoms. The van der Waals surface area contributed by atoms with Gasteiger partial charge < -0.3 is 14.8 Å². The van der Waals surface area contributed by atoms with Crippen molar-refractivity contribution in [1.82, 2.24) is 5.32 Å². The van der Waals surface area contributed by atoms with Crippen molar-refractivity contribution in [3.8, 4) is 11.5 Å². The van der Waals surface area contributed by atoms with Gasteiger partial charge in [0, 0.05) is 0 Å². The largest absolute Gasteiger partial charge is 0.493 e. The quantitative estimate of drug-likeness (QED) is 0.618. The summed E-state index contributed by atoms with van der Waals surface area (Å²) in [6.45, 7) is 1.93. The molecule has 0 saturated heterocycles. The molecule has 3 rings (SSSR count). The van der Waals surface area contributed by atoms with E-state index in [0.29, 0.717) is 17.9 Å². The number of ether oxygens (including phenoxy) is 2. The highest BCUT2D eigenvalue weighted by molar-refractivity contribution is 5.82. The van der Waals surface area contributed by atoms with Crippen molar-refractivity contribution in [2.24, 2.45) is 0 Å². The molecule has 4 heteroatoms. The summed E-state index contributed by atoms with van der Waals surface area (Å²) in [7, 11) is 1.59. The Kier molecular flexibility index (Phi) is 6.68. The molecule has 144 valence electrons. The molecular formula is C24H25NO3. The predicted molar refractivity (Wildman–Crippen MR) is 111 cm³/mol. The van der Waals surface area contributed by atoms with Gasteiger partial charge in [0.05, 0.1) is 13.2 Å². The first-order valence-corrected chi connectivity index (χ1v) is 9.43. The van der Waals surface area contributed by atoms with Crippen LogP contribution in [0, 0.1) is 0 Å². The smallest absolute Gasteiger partial charge is 0.261 e. The highest BCUT2D eigenvalue weighted by atomic mass is 16.5. The van der Waals surface area contributed by atoms with Gasteiger partial charge in [-0.05, 0) is 29.7 Å². The van der Waals surface area contributed by atoms with Crippen LogP contribution in [0.25, 0.3) is 0 Å². The lowest BCUT2D eigenvalue weighted by molar-refractivity contribution is -0.128. The summed E-state index contributed by atoms with van der Waals surface area (Å²) < 4.78 is 11.3. The average Bonchev–Trinajstić information content (AvgIpc) is 2.77. The van der Waals surface area contributed by atoms with Crippen LogP contribution in [0.5, 0.6) is 11.5 Å². The molecule has 1 N–H and O–H groups in total. The number of hydrogen-bond donors (Lipinski definition) is 1. The maximum Gasteiger partial charge on any atom is 0.261 e. The molecule has 1 unspecified atom stereocenters. The first-order chi connectivity index (χ1) is 13.7. The third-order valence-electron chi connectivity index (χ3n) is 4.55. The minimum atomic E-state index is -0.619. The average molecular weight is 375 g/mol. The minimum Gasteiger partial charge on any atom is -0.493 e. The van der Waals surface area contributed by atoms with E-state index in [2.05, 4.69) is 5.32 Å². The molecule has 28 heavy (non-hydrogen) atoms. The van der Waals surface area contributed by atoms with Crippen LogP contribution in [0.2, 0.25) is 0 Å². The Labute approximate surface area is 166 Å². The lowest BCUT2D eigenvalue weighted by Gasteiger charge is -2.24. The Morgan fingerprint density at radius 3 is 1.82 bits per heavy atom. The molecule has 0 aliphatic rings. The van der Waals surface area contributed by atoms with E-state index in [4.69, 9.17) is 9.47 Å². The molecule has 0 aliphatic carbocycles. The molecule has 0 saturated carbocycles. The highest BCUT2D eigenvalue weighted by Gasteiger charge is 2.24. The fraction of sp³-hybridized carbons (Fsp3) is 0.208. The predicted octanol–water partition coefficient (Wildman–Crippen LogP) is 4.76. The Hall–Kier alpha value is -3.27. The molecule has 0 aromatic heterocycles. The monoisotopic (exact) mass is 375 g/mol. The second-order valence-corrected chi connectivity index (χ2v) is 6.43. The summed E-state index contributed by atoms with van der Waals surface area (Å²) in [5.74, 6) is 1.01. The van der Waals surface area contributed by atoms with Crippen LogP contribution < -0.4 is 14.8 Å². The van der Waals surface area contributed by atoms with Crippen molar-refractivity contribution >= 4 is 5.91 Å². The van der Waals surface area contributed by atoms with E-state index < -0.39 is 6.10 Å². The first kappa shape index (κ1) is 19.5. The van der Waals surface area contributed by atoms with Gasteiger partial charge in [-0.3, -0.25) is 4.79 Å². The van der Waals surface area contributed by atoms with Crippen LogP contribution in [0.1, 0.15) is 30.5 Å². The fourth-order valence-corrected chi connectivity index (χ4v) is 3.08. The molecule has 0 fully saturated rings. The lowest BCUT2D eigenvalue weighted by Crippen LogP contribution is -2.40. The van der Waals surface area contributed by atoms with Gasteiger partial charge >= 0.3 is 0 Å². The van der Waals surface area contributed by atoms with Crippen molar-refractivity contribution < 1.29 is 14.3 Å². The number of hydrogen-bond acceptors (Lipinski definition) is 3. The van der Waals surface area contributed by atoms with Gasteiger partial charge in [0.1, 0.15) is 0 Å². The number of methoxy groups -OCH3 is 1. The number of benzene rings is 3. The van der Waals surface area contributed by atoms with E-state index in [1.54, 1.807) is 13.2 Å². The Bertz CT molecular complexity index is 841. The lowest BCUT2D eigenvalue weighted by atomic mass is 9.98. The van der Waals surface area contributed by atoms with Gasteiger partial charge in [0.15, 0.2) is 17.6 Å². The van der Waals surface area contributed by atoms with Gasteiger partial charge in [-0.2, -0.15) is 0 Å². The standard InChI is InChI=1S/C24H25NO3/c1-3-20(28-22-17-11-10-16-21(22)27-2)24(26)25-23(18-12-6-4-7-13-18)19-14-8-5-9-15-19/h4-17,20,23H,3H2,1-2H3,(H,25,26). The topological polar surface area (TPSA) is 47.6 Å². The first-order valence-electron chi connectivity index (χ1n) is 9.43. The van der Waals surface area contributed by atoms with Gasteiger partial charge in [0.25, 0.3) is 5.91 Å². The molecule has 0 heterocycles. The summed E-state index contributed by atoms with van der Waals surface area (Å²) in [4.78, 5) is 13.1. The van der Waals surface area contributed by atoms with Gasteiger partial charge in [-0.25, -0.2) is 0 Å². The molecule has 1 amide bonds. The normalized spacial score (nSPS) is 11.7. The maximum atomic E-state index is 13.1. The molecule has 3 aromatic carbocycles. The molecule has 0 aliphatic heterocycles. The summed E-state index contributed by atoms with van der Waals surface area (Å²) in [6.07, 6.45) is -0.0774. The fourth-order valence-electron chi connectivity index (χ4n) is 3.08. The Balaban J connectivity index is 1.82. The van der Waals surface area contributed by atoms with Crippen LogP contribution in [0.4, 0.5) is 0 Å². The van der Waals surface area contributed by atoms with E-state index in [-0.39, 0.29) is 11.9 Å². The molecule has 0 bridgehead atoms. The third-order valence-corrected chi connectivity index (χ3v) is 4.55. The van der Waals surface area contributed by atoms with Crippen molar-refractivity contribution in [1.29, 1.82) is 0 Å². The Morgan fingerprint density at radius 2 is 1.32 bits per heavy atom. The highest BCUT2D eigenvalue weighted by Crippen LogP contribution is 2.28. The zero-order valence-corrected chi connectivity index (χ0v) is 16.2. The zero-order valence-electron chi connectivity index (χ0n) is 16.2. The van der Waals surface area contributed by atoms with Crippen molar-refractivity contribution in [2.75, 3.05) is 7.11 Å². The van der Waals surface area contributed by atoms with E-state index >= 15 is 0 Å². The minimum absolute atomic E-state index is 0.161. The van der Waals surface area contributed by atoms with Gasteiger partial charge in [0.2, 0.25) is 0 Å². The number of para-hydroxylation sites is 2. The van der Waals surface area contributed by atoms with Gasteiger partial charge in [-0.1, -0.05) is 79.7 Å². The number of nitrogens with one attached hydrogen (secondary N) is 1. The number of carbonyl (C=O) groups is 1. The second-order valence-electron chi connectivity index (χ2n) is 6.43. The SMILES string of the molecule is CCC(Oc1ccccc1OC)C(=O)NC(c1ccccc1)c1ccccc1. The molecule has 3 aromatic rings. The van der Waals surface area contributed by atoms with Crippen LogP contribution in [0.3, 0.4) is 0 Å². The van der Waals surface area contributed by atoms with Crippen LogP contribution in [-0.2, 0) is 4.79 Å². The van der Waals surface area contributed by atoms with E-state index in [1.165, 1.54) is 0 Å². The van der Waals surface area contributed by atoms with Crippen molar-refractivity contribution in [3.05, 3.63) is 96.1 Å². The maximum absolute atomic E-state index is 13.1. The van der Waals surface area contributed by atoms with Crippen LogP contribution in [-0.4, -0.2) is 19.1 Å². The number of carbonyl (C=O) groups excluding carboxylic acids is 1. The molecule has 4 nitrogen and oxygen atoms in total. The van der Waals surface area contributed by atoms with Crippen LogP contribution in [0.15, 0.2) is 84.9 Å². The van der Waals surface area contributed by atoms with Crippen molar-refractivity contribution in [2.45, 2.75) is 25.5 Å². The van der Waals surface area contributed by atoms with Gasteiger partial charge in [-0.15, -0.1) is 0 Å². The molecule has 1 atom stereocenters. The molecular weight excluding hydrogens is 350 g/mol.